The molecule has 0 aliphatic carbocycles. The summed E-state index contributed by atoms with van der Waals surface area (Å²) in [5.74, 6) is -0.0139. The van der Waals surface area contributed by atoms with Crippen LogP contribution in [0.5, 0.6) is 0 Å². The molecule has 0 saturated carbocycles. The van der Waals surface area contributed by atoms with E-state index in [4.69, 9.17) is 22.6 Å². The molecule has 0 unspecified atom stereocenters. The molecule has 4 nitrogen and oxygen atoms in total. The molecule has 1 heterocycles. The molecule has 7 N–H and O–H groups in total. The van der Waals surface area contributed by atoms with Crippen molar-refractivity contribution in [1.29, 1.82) is 5.41 Å². The molecule has 0 saturated heterocycles. The monoisotopic (exact) mass is 246 g/mol. The lowest BCUT2D eigenvalue weighted by Gasteiger charge is -2.05. The lowest BCUT2D eigenvalue weighted by Crippen LogP contribution is -2.13. The first-order valence-electron chi connectivity index (χ1n) is 5.15. The van der Waals surface area contributed by atoms with Crippen LogP contribution in [0.4, 0.5) is 5.69 Å². The fourth-order valence-corrected chi connectivity index (χ4v) is 2.47. The van der Waals surface area contributed by atoms with Gasteiger partial charge in [-0.25, -0.2) is 0 Å². The predicted molar refractivity (Wildman–Crippen MR) is 73.1 cm³/mol. The Balaban J connectivity index is 2.46. The summed E-state index contributed by atoms with van der Waals surface area (Å²) in [6.45, 7) is 0.541. The highest BCUT2D eigenvalue weighted by molar-refractivity contribution is 7.15. The second kappa shape index (κ2) is 4.57. The summed E-state index contributed by atoms with van der Waals surface area (Å²) in [4.78, 5) is 2.23. The second-order valence-electron chi connectivity index (χ2n) is 3.69. The Hall–Kier alpha value is -1.85. The van der Waals surface area contributed by atoms with Gasteiger partial charge in [-0.2, -0.15) is 0 Å². The van der Waals surface area contributed by atoms with Gasteiger partial charge in [-0.15, -0.1) is 11.3 Å². The van der Waals surface area contributed by atoms with Gasteiger partial charge < -0.3 is 17.2 Å². The van der Waals surface area contributed by atoms with Crippen LogP contribution in [0.1, 0.15) is 10.4 Å². The maximum atomic E-state index is 7.46. The van der Waals surface area contributed by atoms with E-state index in [-0.39, 0.29) is 5.84 Å². The van der Waals surface area contributed by atoms with Crippen molar-refractivity contribution in [2.45, 2.75) is 6.54 Å². The van der Waals surface area contributed by atoms with Crippen molar-refractivity contribution in [2.75, 3.05) is 5.73 Å². The topological polar surface area (TPSA) is 102 Å². The van der Waals surface area contributed by atoms with Gasteiger partial charge in [0.25, 0.3) is 0 Å². The van der Waals surface area contributed by atoms with E-state index < -0.39 is 0 Å². The molecule has 0 fully saturated rings. The van der Waals surface area contributed by atoms with Crippen molar-refractivity contribution >= 4 is 22.9 Å². The normalized spacial score (nSPS) is 10.4. The quantitative estimate of drug-likeness (QED) is 0.377. The van der Waals surface area contributed by atoms with Crippen LogP contribution < -0.4 is 17.2 Å². The average molecular weight is 246 g/mol. The van der Waals surface area contributed by atoms with E-state index in [1.165, 1.54) is 0 Å². The molecule has 5 heteroatoms. The van der Waals surface area contributed by atoms with Crippen LogP contribution in [0.25, 0.3) is 10.4 Å². The maximum absolute atomic E-state index is 7.46. The minimum Gasteiger partial charge on any atom is -0.398 e. The molecule has 0 aliphatic rings. The number of rotatable bonds is 3. The molecule has 1 aromatic heterocycles. The number of hydrogen-bond acceptors (Lipinski definition) is 4. The molecule has 0 atom stereocenters. The zero-order valence-corrected chi connectivity index (χ0v) is 10.1. The molecule has 88 valence electrons. The molecule has 0 aliphatic heterocycles. The minimum atomic E-state index is -0.0139. The van der Waals surface area contributed by atoms with Crippen LogP contribution in [0.2, 0.25) is 0 Å². The smallest absolute Gasteiger partial charge is 0.124 e. The largest absolute Gasteiger partial charge is 0.398 e. The van der Waals surface area contributed by atoms with E-state index in [1.807, 2.05) is 24.3 Å². The lowest BCUT2D eigenvalue weighted by molar-refractivity contribution is 1.11. The van der Waals surface area contributed by atoms with Gasteiger partial charge in [0.1, 0.15) is 5.84 Å². The van der Waals surface area contributed by atoms with Crippen LogP contribution in [0.15, 0.2) is 30.3 Å². The Kier molecular flexibility index (Phi) is 3.12. The van der Waals surface area contributed by atoms with Gasteiger partial charge in [0, 0.05) is 27.5 Å². The first-order chi connectivity index (χ1) is 8.11. The molecule has 1 aromatic carbocycles. The van der Waals surface area contributed by atoms with E-state index in [2.05, 4.69) is 0 Å². The molecule has 0 radical (unpaired) electrons. The lowest BCUT2D eigenvalue weighted by atomic mass is 10.1. The summed E-state index contributed by atoms with van der Waals surface area (Å²) >= 11 is 1.64. The number of benzene rings is 1. The van der Waals surface area contributed by atoms with E-state index in [9.17, 15) is 0 Å². The summed E-state index contributed by atoms with van der Waals surface area (Å²) in [7, 11) is 0. The minimum absolute atomic E-state index is 0.0139. The van der Waals surface area contributed by atoms with Crippen molar-refractivity contribution in [3.8, 4) is 10.4 Å². The number of thiophene rings is 1. The second-order valence-corrected chi connectivity index (χ2v) is 4.85. The summed E-state index contributed by atoms with van der Waals surface area (Å²) in [6.07, 6.45) is 0. The Morgan fingerprint density at radius 2 is 2.00 bits per heavy atom. The third kappa shape index (κ3) is 2.30. The van der Waals surface area contributed by atoms with Gasteiger partial charge in [-0.1, -0.05) is 6.07 Å². The zero-order chi connectivity index (χ0) is 12.4. The van der Waals surface area contributed by atoms with Crippen LogP contribution in [0, 0.1) is 5.41 Å². The van der Waals surface area contributed by atoms with Crippen LogP contribution in [-0.2, 0) is 6.54 Å². The highest BCUT2D eigenvalue weighted by Crippen LogP contribution is 2.29. The first-order valence-corrected chi connectivity index (χ1v) is 5.96. The number of nitrogens with one attached hydrogen (secondary N) is 1. The summed E-state index contributed by atoms with van der Waals surface area (Å²) in [5, 5.41) is 7.46. The average Bonchev–Trinajstić information content (AvgIpc) is 2.78. The van der Waals surface area contributed by atoms with E-state index in [1.54, 1.807) is 17.4 Å². The molecule has 0 spiro atoms. The number of anilines is 1. The molecular weight excluding hydrogens is 232 g/mol. The Labute approximate surface area is 104 Å². The Morgan fingerprint density at radius 3 is 2.59 bits per heavy atom. The van der Waals surface area contributed by atoms with Gasteiger partial charge >= 0.3 is 0 Å². The third-order valence-corrected chi connectivity index (χ3v) is 3.65. The third-order valence-electron chi connectivity index (χ3n) is 2.49. The summed E-state index contributed by atoms with van der Waals surface area (Å²) in [6, 6.07) is 9.55. The van der Waals surface area contributed by atoms with Crippen molar-refractivity contribution in [3.63, 3.8) is 0 Å². The standard InChI is InChI=1S/C12H14N4S/c13-6-8-2-4-11(17-8)7-1-3-10(14)9(5-7)12(15)16/h1-5H,6,13-14H2,(H3,15,16). The molecule has 0 amide bonds. The Bertz CT molecular complexity index is 559. The van der Waals surface area contributed by atoms with Gasteiger partial charge in [0.05, 0.1) is 0 Å². The Morgan fingerprint density at radius 1 is 1.24 bits per heavy atom. The molecule has 17 heavy (non-hydrogen) atoms. The van der Waals surface area contributed by atoms with Crippen molar-refractivity contribution in [1.82, 2.24) is 0 Å². The highest BCUT2D eigenvalue weighted by atomic mass is 32.1. The fourth-order valence-electron chi connectivity index (χ4n) is 1.59. The van der Waals surface area contributed by atoms with Gasteiger partial charge in [-0.05, 0) is 29.8 Å². The van der Waals surface area contributed by atoms with Gasteiger partial charge in [0.15, 0.2) is 0 Å². The summed E-state index contributed by atoms with van der Waals surface area (Å²) in [5.41, 5.74) is 18.9. The summed E-state index contributed by atoms with van der Waals surface area (Å²) < 4.78 is 0. The van der Waals surface area contributed by atoms with Crippen molar-refractivity contribution < 1.29 is 0 Å². The van der Waals surface area contributed by atoms with Crippen molar-refractivity contribution in [3.05, 3.63) is 40.8 Å². The van der Waals surface area contributed by atoms with Crippen molar-refractivity contribution in [2.24, 2.45) is 11.5 Å². The fraction of sp³-hybridized carbons (Fsp3) is 0.0833. The number of amidine groups is 1. The molecule has 2 rings (SSSR count). The SMILES string of the molecule is N=C(N)c1cc(-c2ccc(CN)s2)ccc1N. The number of nitrogens with two attached hydrogens (primary N) is 3. The van der Waals surface area contributed by atoms with E-state index in [0.717, 1.165) is 15.3 Å². The molecule has 0 bridgehead atoms. The highest BCUT2D eigenvalue weighted by Gasteiger charge is 2.07. The van der Waals surface area contributed by atoms with E-state index >= 15 is 0 Å². The van der Waals surface area contributed by atoms with Crippen LogP contribution in [-0.4, -0.2) is 5.84 Å². The van der Waals surface area contributed by atoms with Crippen LogP contribution in [0.3, 0.4) is 0 Å². The van der Waals surface area contributed by atoms with Gasteiger partial charge in [0.2, 0.25) is 0 Å². The number of nitrogen functional groups attached to an aromatic ring is 2. The molecule has 2 aromatic rings. The van der Waals surface area contributed by atoms with E-state index in [0.29, 0.717) is 17.8 Å². The first kappa shape index (κ1) is 11.6. The number of hydrogen-bond donors (Lipinski definition) is 4. The predicted octanol–water partition coefficient (Wildman–Crippen LogP) is 1.74. The van der Waals surface area contributed by atoms with Gasteiger partial charge in [-0.3, -0.25) is 5.41 Å². The van der Waals surface area contributed by atoms with Crippen LogP contribution >= 0.6 is 11.3 Å². The maximum Gasteiger partial charge on any atom is 0.124 e. The zero-order valence-electron chi connectivity index (χ0n) is 9.23. The molecular formula is C12H14N4S.